The Morgan fingerprint density at radius 3 is 2.75 bits per heavy atom. The van der Waals surface area contributed by atoms with Crippen LogP contribution >= 0.6 is 11.6 Å². The molecule has 0 atom stereocenters. The lowest BCUT2D eigenvalue weighted by Crippen LogP contribution is -2.47. The second-order valence-corrected chi connectivity index (χ2v) is 9.54. The summed E-state index contributed by atoms with van der Waals surface area (Å²) in [7, 11) is 3.45. The van der Waals surface area contributed by atoms with Gasteiger partial charge in [0.05, 0.1) is 40.4 Å². The molecule has 36 heavy (non-hydrogen) atoms. The summed E-state index contributed by atoms with van der Waals surface area (Å²) in [4.78, 5) is 31.3. The van der Waals surface area contributed by atoms with Gasteiger partial charge in [0, 0.05) is 42.2 Å². The number of hydrazine groups is 1. The Morgan fingerprint density at radius 1 is 1.17 bits per heavy atom. The number of aryl methyl sites for hydroxylation is 1. The number of pyridine rings is 2. The Hall–Kier alpha value is -4.18. The SMILES string of the molecule is CN(C(=O)C1CC1)N(Cc1cc2cc(Cl)ccn2n1)C(=O)c1ccc2nc(N)c3cnn(C)c3c2c1. The fourth-order valence-corrected chi connectivity index (χ4v) is 4.69. The molecule has 0 spiro atoms. The Morgan fingerprint density at radius 2 is 1.97 bits per heavy atom. The van der Waals surface area contributed by atoms with Gasteiger partial charge in [-0.25, -0.2) is 14.5 Å². The van der Waals surface area contributed by atoms with Crippen molar-refractivity contribution < 1.29 is 9.59 Å². The van der Waals surface area contributed by atoms with Gasteiger partial charge in [-0.2, -0.15) is 10.2 Å². The summed E-state index contributed by atoms with van der Waals surface area (Å²) in [6, 6.07) is 10.6. The number of hydrogen-bond donors (Lipinski definition) is 1. The van der Waals surface area contributed by atoms with Crippen molar-refractivity contribution in [3.8, 4) is 0 Å². The lowest BCUT2D eigenvalue weighted by Gasteiger charge is -2.31. The number of hydrogen-bond acceptors (Lipinski definition) is 6. The monoisotopic (exact) mass is 502 g/mol. The lowest BCUT2D eigenvalue weighted by molar-refractivity contribution is -0.144. The average molecular weight is 503 g/mol. The van der Waals surface area contributed by atoms with Crippen LogP contribution in [0.4, 0.5) is 5.82 Å². The van der Waals surface area contributed by atoms with Crippen LogP contribution in [0.5, 0.6) is 0 Å². The van der Waals surface area contributed by atoms with Crippen LogP contribution in [-0.2, 0) is 18.4 Å². The number of benzene rings is 1. The van der Waals surface area contributed by atoms with Crippen molar-refractivity contribution in [3.05, 3.63) is 65.1 Å². The summed E-state index contributed by atoms with van der Waals surface area (Å²) in [6.45, 7) is 0.117. The van der Waals surface area contributed by atoms with E-state index in [-0.39, 0.29) is 24.3 Å². The first-order chi connectivity index (χ1) is 17.3. The van der Waals surface area contributed by atoms with E-state index < -0.39 is 0 Å². The van der Waals surface area contributed by atoms with Crippen LogP contribution in [0.25, 0.3) is 27.3 Å². The summed E-state index contributed by atoms with van der Waals surface area (Å²) in [6.07, 6.45) is 5.09. The molecule has 4 heterocycles. The lowest BCUT2D eigenvalue weighted by atomic mass is 10.1. The molecule has 1 fully saturated rings. The van der Waals surface area contributed by atoms with Crippen LogP contribution in [0.15, 0.2) is 48.8 Å². The number of aromatic nitrogens is 5. The van der Waals surface area contributed by atoms with Crippen molar-refractivity contribution >= 4 is 56.6 Å². The molecule has 0 radical (unpaired) electrons. The number of nitrogen functional groups attached to an aromatic ring is 1. The summed E-state index contributed by atoms with van der Waals surface area (Å²) < 4.78 is 3.41. The first-order valence-electron chi connectivity index (χ1n) is 11.5. The van der Waals surface area contributed by atoms with Gasteiger partial charge < -0.3 is 5.73 Å². The number of amides is 2. The van der Waals surface area contributed by atoms with E-state index >= 15 is 0 Å². The number of fused-ring (bicyclic) bond motifs is 4. The maximum Gasteiger partial charge on any atom is 0.272 e. The number of nitrogens with two attached hydrogens (primary N) is 1. The van der Waals surface area contributed by atoms with Crippen molar-refractivity contribution in [2.24, 2.45) is 13.0 Å². The van der Waals surface area contributed by atoms with Gasteiger partial charge in [0.1, 0.15) is 5.82 Å². The second kappa shape index (κ2) is 8.20. The minimum atomic E-state index is -0.323. The summed E-state index contributed by atoms with van der Waals surface area (Å²) in [5, 5.41) is 13.8. The molecule has 0 aliphatic heterocycles. The van der Waals surface area contributed by atoms with E-state index in [1.165, 1.54) is 10.0 Å². The minimum Gasteiger partial charge on any atom is -0.383 e. The van der Waals surface area contributed by atoms with Crippen LogP contribution in [-0.4, -0.2) is 53.3 Å². The first-order valence-corrected chi connectivity index (χ1v) is 11.9. The third-order valence-electron chi connectivity index (χ3n) is 6.58. The van der Waals surface area contributed by atoms with Crippen LogP contribution in [0.1, 0.15) is 28.9 Å². The van der Waals surface area contributed by atoms with Crippen LogP contribution < -0.4 is 5.73 Å². The van der Waals surface area contributed by atoms with Gasteiger partial charge in [-0.15, -0.1) is 0 Å². The molecule has 2 N–H and O–H groups in total. The minimum absolute atomic E-state index is 0.0528. The summed E-state index contributed by atoms with van der Waals surface area (Å²) in [5.74, 6) is -0.0777. The fourth-order valence-electron chi connectivity index (χ4n) is 4.52. The molecule has 1 aliphatic rings. The van der Waals surface area contributed by atoms with Crippen LogP contribution in [0.2, 0.25) is 5.02 Å². The molecule has 0 unspecified atom stereocenters. The number of halogens is 1. The molecule has 10 nitrogen and oxygen atoms in total. The van der Waals surface area contributed by atoms with Gasteiger partial charge in [-0.1, -0.05) is 11.6 Å². The molecule has 1 aromatic carbocycles. The van der Waals surface area contributed by atoms with E-state index in [9.17, 15) is 9.59 Å². The Labute approximate surface area is 210 Å². The number of rotatable bonds is 4. The molecule has 5 aromatic rings. The quantitative estimate of drug-likeness (QED) is 0.376. The van der Waals surface area contributed by atoms with E-state index in [0.29, 0.717) is 27.6 Å². The predicted octanol–water partition coefficient (Wildman–Crippen LogP) is 3.43. The smallest absolute Gasteiger partial charge is 0.272 e. The first kappa shape index (κ1) is 22.3. The zero-order chi connectivity index (χ0) is 25.1. The van der Waals surface area contributed by atoms with E-state index in [1.54, 1.807) is 59.0 Å². The highest BCUT2D eigenvalue weighted by Gasteiger charge is 2.36. The Kier molecular flexibility index (Phi) is 5.08. The Balaban J connectivity index is 1.42. The third kappa shape index (κ3) is 3.70. The van der Waals surface area contributed by atoms with Crippen molar-refractivity contribution in [1.29, 1.82) is 0 Å². The molecular weight excluding hydrogens is 480 g/mol. The van der Waals surface area contributed by atoms with E-state index in [2.05, 4.69) is 15.2 Å². The predicted molar refractivity (Wildman–Crippen MR) is 136 cm³/mol. The van der Waals surface area contributed by atoms with Gasteiger partial charge in [0.2, 0.25) is 5.91 Å². The zero-order valence-corrected chi connectivity index (χ0v) is 20.5. The molecule has 2 amide bonds. The molecule has 11 heteroatoms. The highest BCUT2D eigenvalue weighted by Crippen LogP contribution is 2.32. The van der Waals surface area contributed by atoms with Gasteiger partial charge in [0.25, 0.3) is 5.91 Å². The summed E-state index contributed by atoms with van der Waals surface area (Å²) >= 11 is 6.12. The van der Waals surface area contributed by atoms with Gasteiger partial charge in [-0.05, 0) is 49.2 Å². The van der Waals surface area contributed by atoms with Gasteiger partial charge in [0.15, 0.2) is 0 Å². The molecular formula is C25H23ClN8O2. The van der Waals surface area contributed by atoms with Crippen LogP contribution in [0.3, 0.4) is 0 Å². The van der Waals surface area contributed by atoms with Gasteiger partial charge >= 0.3 is 0 Å². The summed E-state index contributed by atoms with van der Waals surface area (Å²) in [5.41, 5.74) is 9.41. The molecule has 1 aliphatic carbocycles. The normalized spacial score (nSPS) is 13.5. The topological polar surface area (TPSA) is 115 Å². The maximum atomic E-state index is 13.9. The highest BCUT2D eigenvalue weighted by molar-refractivity contribution is 6.30. The zero-order valence-electron chi connectivity index (χ0n) is 19.7. The van der Waals surface area contributed by atoms with Crippen molar-refractivity contribution in [3.63, 3.8) is 0 Å². The van der Waals surface area contributed by atoms with Crippen molar-refractivity contribution in [1.82, 2.24) is 34.4 Å². The van der Waals surface area contributed by atoms with Gasteiger partial charge in [-0.3, -0.25) is 19.3 Å². The standard InChI is InChI=1S/C25H23ClN8O2/c1-31-22-19-9-15(5-6-21(19)29-23(27)20(22)12-28-31)25(36)34(32(2)24(35)14-3-4-14)13-17-11-18-10-16(26)7-8-33(18)30-17/h5-12,14H,3-4,13H2,1-2H3,(H2,27,29). The van der Waals surface area contributed by atoms with Crippen molar-refractivity contribution in [2.75, 3.05) is 12.8 Å². The number of anilines is 1. The average Bonchev–Trinajstić information content (AvgIpc) is 3.53. The number of carbonyl (C=O) groups is 2. The molecule has 4 aromatic heterocycles. The molecule has 6 rings (SSSR count). The molecule has 1 saturated carbocycles. The molecule has 0 saturated heterocycles. The second-order valence-electron chi connectivity index (χ2n) is 9.11. The number of carbonyl (C=O) groups excluding carboxylic acids is 2. The third-order valence-corrected chi connectivity index (χ3v) is 6.82. The van der Waals surface area contributed by atoms with Crippen molar-refractivity contribution in [2.45, 2.75) is 19.4 Å². The molecule has 0 bridgehead atoms. The highest BCUT2D eigenvalue weighted by atomic mass is 35.5. The number of nitrogens with zero attached hydrogens (tertiary/aromatic N) is 7. The van der Waals surface area contributed by atoms with Crippen LogP contribution in [0, 0.1) is 5.92 Å². The largest absolute Gasteiger partial charge is 0.383 e. The maximum absolute atomic E-state index is 13.9. The Bertz CT molecular complexity index is 1690. The van der Waals surface area contributed by atoms with E-state index in [1.807, 2.05) is 13.1 Å². The fraction of sp³-hybridized carbons (Fsp3) is 0.240. The van der Waals surface area contributed by atoms with E-state index in [4.69, 9.17) is 17.3 Å². The molecule has 182 valence electrons. The van der Waals surface area contributed by atoms with E-state index in [0.717, 1.165) is 34.6 Å².